The van der Waals surface area contributed by atoms with Crippen LogP contribution < -0.4 is 16.4 Å². The van der Waals surface area contributed by atoms with Gasteiger partial charge in [-0.1, -0.05) is 65.7 Å². The molecule has 0 saturated heterocycles. The number of hydrogen-bond donors (Lipinski definition) is 2. The lowest BCUT2D eigenvalue weighted by molar-refractivity contribution is 1.06. The first-order valence-corrected chi connectivity index (χ1v) is 11.0. The third-order valence-electron chi connectivity index (χ3n) is 4.98. The van der Waals surface area contributed by atoms with Crippen molar-refractivity contribution in [3.05, 3.63) is 99.0 Å². The van der Waals surface area contributed by atoms with Crippen LogP contribution in [-0.2, 0) is 13.1 Å². The molecule has 29 heavy (non-hydrogen) atoms. The summed E-state index contributed by atoms with van der Waals surface area (Å²) in [5.41, 5.74) is 18.4. The summed E-state index contributed by atoms with van der Waals surface area (Å²) in [6, 6.07) is 22.4. The summed E-state index contributed by atoms with van der Waals surface area (Å²) in [5, 5.41) is 1.09. The molecule has 6 heteroatoms. The Morgan fingerprint density at radius 2 is 1.62 bits per heavy atom. The van der Waals surface area contributed by atoms with Gasteiger partial charge >= 0.3 is 0 Å². The number of thioether (sulfide) groups is 1. The molecule has 0 unspecified atom stereocenters. The Morgan fingerprint density at radius 3 is 2.31 bits per heavy atom. The highest BCUT2D eigenvalue weighted by Crippen LogP contribution is 2.47. The summed E-state index contributed by atoms with van der Waals surface area (Å²) >= 11 is 14.3. The van der Waals surface area contributed by atoms with Crippen molar-refractivity contribution in [2.75, 3.05) is 10.8 Å². The molecule has 0 saturated carbocycles. The summed E-state index contributed by atoms with van der Waals surface area (Å²) < 4.78 is 0. The van der Waals surface area contributed by atoms with E-state index in [0.717, 1.165) is 39.5 Å². The third-order valence-corrected chi connectivity index (χ3v) is 6.81. The Labute approximate surface area is 185 Å². The van der Waals surface area contributed by atoms with Gasteiger partial charge in [0.05, 0.1) is 21.6 Å². The lowest BCUT2D eigenvalue weighted by atomic mass is 10.0. The number of benzene rings is 3. The molecule has 3 nitrogen and oxygen atoms in total. The summed E-state index contributed by atoms with van der Waals surface area (Å²) in [7, 11) is 0. The van der Waals surface area contributed by atoms with E-state index in [-0.39, 0.29) is 0 Å². The molecular formula is C23H21Cl2N3S. The first kappa shape index (κ1) is 20.3. The summed E-state index contributed by atoms with van der Waals surface area (Å²) in [6.45, 7) is 1.01. The van der Waals surface area contributed by atoms with Gasteiger partial charge in [0.15, 0.2) is 0 Å². The Balaban J connectivity index is 1.90. The fourth-order valence-corrected chi connectivity index (χ4v) is 5.01. The van der Waals surface area contributed by atoms with E-state index in [1.54, 1.807) is 11.8 Å². The van der Waals surface area contributed by atoms with Crippen molar-refractivity contribution in [1.82, 2.24) is 0 Å². The van der Waals surface area contributed by atoms with Gasteiger partial charge in [-0.05, 0) is 41.0 Å². The van der Waals surface area contributed by atoms with Gasteiger partial charge in [-0.25, -0.2) is 0 Å². The Morgan fingerprint density at radius 1 is 0.862 bits per heavy atom. The molecule has 0 atom stereocenters. The average molecular weight is 442 g/mol. The molecule has 148 valence electrons. The van der Waals surface area contributed by atoms with E-state index in [9.17, 15) is 0 Å². The van der Waals surface area contributed by atoms with Crippen LogP contribution in [-0.4, -0.2) is 5.88 Å². The molecule has 0 spiro atoms. The zero-order valence-electron chi connectivity index (χ0n) is 15.7. The average Bonchev–Trinajstić information content (AvgIpc) is 3.20. The number of halogens is 2. The molecule has 1 aliphatic rings. The van der Waals surface area contributed by atoms with Gasteiger partial charge in [-0.3, -0.25) is 0 Å². The highest BCUT2D eigenvalue weighted by Gasteiger charge is 2.28. The topological polar surface area (TPSA) is 55.3 Å². The van der Waals surface area contributed by atoms with Gasteiger partial charge in [0, 0.05) is 29.2 Å². The smallest absolute Gasteiger partial charge is 0.0736 e. The van der Waals surface area contributed by atoms with E-state index < -0.39 is 0 Å². The minimum absolute atomic E-state index is 0.486. The van der Waals surface area contributed by atoms with E-state index in [1.165, 1.54) is 4.91 Å². The lowest BCUT2D eigenvalue weighted by Gasteiger charge is -2.23. The summed E-state index contributed by atoms with van der Waals surface area (Å²) in [4.78, 5) is 3.49. The van der Waals surface area contributed by atoms with Crippen LogP contribution >= 0.6 is 35.0 Å². The molecule has 0 amide bonds. The molecule has 0 aliphatic carbocycles. The van der Waals surface area contributed by atoms with Crippen LogP contribution in [0.4, 0.5) is 5.69 Å². The van der Waals surface area contributed by atoms with Crippen LogP contribution in [0.5, 0.6) is 0 Å². The minimum Gasteiger partial charge on any atom is -0.330 e. The highest BCUT2D eigenvalue weighted by atomic mass is 35.5. The number of anilines is 1. The zero-order valence-corrected chi connectivity index (χ0v) is 18.1. The Kier molecular flexibility index (Phi) is 6.18. The summed E-state index contributed by atoms with van der Waals surface area (Å²) in [5.74, 6) is 0.797. The molecule has 3 aromatic carbocycles. The molecule has 4 N–H and O–H groups in total. The second-order valence-electron chi connectivity index (χ2n) is 6.74. The van der Waals surface area contributed by atoms with Crippen molar-refractivity contribution >= 4 is 51.3 Å². The maximum absolute atomic E-state index is 6.36. The molecule has 1 aliphatic heterocycles. The van der Waals surface area contributed by atoms with Crippen molar-refractivity contribution in [3.8, 4) is 0 Å². The van der Waals surface area contributed by atoms with Gasteiger partial charge in [0.1, 0.15) is 0 Å². The lowest BCUT2D eigenvalue weighted by Crippen LogP contribution is -2.17. The highest BCUT2D eigenvalue weighted by molar-refractivity contribution is 8.09. The predicted octanol–water partition coefficient (Wildman–Crippen LogP) is 5.95. The first-order valence-electron chi connectivity index (χ1n) is 9.29. The quantitative estimate of drug-likeness (QED) is 0.513. The molecule has 0 radical (unpaired) electrons. The van der Waals surface area contributed by atoms with E-state index in [1.807, 2.05) is 30.3 Å². The van der Waals surface area contributed by atoms with Crippen molar-refractivity contribution in [2.24, 2.45) is 11.5 Å². The van der Waals surface area contributed by atoms with E-state index in [0.29, 0.717) is 23.1 Å². The predicted molar refractivity (Wildman–Crippen MR) is 127 cm³/mol. The fraction of sp³-hybridized carbons (Fsp3) is 0.130. The first-order chi connectivity index (χ1) is 14.1. The van der Waals surface area contributed by atoms with Crippen LogP contribution in [0, 0.1) is 0 Å². The number of rotatable bonds is 5. The van der Waals surface area contributed by atoms with Gasteiger partial charge in [-0.2, -0.15) is 0 Å². The summed E-state index contributed by atoms with van der Waals surface area (Å²) in [6.07, 6.45) is 0. The monoisotopic (exact) mass is 441 g/mol. The number of nitrogens with two attached hydrogens (primary N) is 2. The molecule has 4 rings (SSSR count). The van der Waals surface area contributed by atoms with Crippen LogP contribution in [0.1, 0.15) is 22.3 Å². The van der Waals surface area contributed by atoms with Crippen molar-refractivity contribution in [2.45, 2.75) is 13.1 Å². The van der Waals surface area contributed by atoms with E-state index >= 15 is 0 Å². The van der Waals surface area contributed by atoms with Crippen molar-refractivity contribution < 1.29 is 0 Å². The third kappa shape index (κ3) is 4.04. The second-order valence-corrected chi connectivity index (χ2v) is 8.51. The van der Waals surface area contributed by atoms with Crippen LogP contribution in [0.15, 0.2) is 66.7 Å². The molecule has 0 bridgehead atoms. The molecule has 1 heterocycles. The maximum Gasteiger partial charge on any atom is 0.0736 e. The van der Waals surface area contributed by atoms with Crippen molar-refractivity contribution in [3.63, 3.8) is 0 Å². The molecule has 0 aromatic heterocycles. The fourth-order valence-electron chi connectivity index (χ4n) is 3.46. The van der Waals surface area contributed by atoms with Gasteiger partial charge in [-0.15, -0.1) is 11.8 Å². The van der Waals surface area contributed by atoms with E-state index in [4.69, 9.17) is 34.7 Å². The van der Waals surface area contributed by atoms with E-state index in [2.05, 4.69) is 41.3 Å². The number of hydrogen-bond acceptors (Lipinski definition) is 4. The molecular weight excluding hydrogens is 421 g/mol. The Bertz CT molecular complexity index is 1060. The SMILES string of the molecule is NCc1ccc(N2CSC(c3ccccc3CN)=C2c2ccc(Cl)c(Cl)c2)cc1. The largest absolute Gasteiger partial charge is 0.330 e. The maximum atomic E-state index is 6.36. The van der Waals surface area contributed by atoms with Crippen LogP contribution in [0.3, 0.4) is 0 Å². The van der Waals surface area contributed by atoms with Gasteiger partial charge < -0.3 is 16.4 Å². The minimum atomic E-state index is 0.486. The van der Waals surface area contributed by atoms with Crippen molar-refractivity contribution in [1.29, 1.82) is 0 Å². The van der Waals surface area contributed by atoms with Gasteiger partial charge in [0.2, 0.25) is 0 Å². The standard InChI is InChI=1S/C23H21Cl2N3S/c24-20-10-7-16(11-21(20)25)22-23(19-4-2-1-3-17(19)13-27)29-14-28(22)18-8-5-15(12-26)6-9-18/h1-11H,12-14,26-27H2. The number of nitrogens with zero attached hydrogens (tertiary/aromatic N) is 1. The van der Waals surface area contributed by atoms with Gasteiger partial charge in [0.25, 0.3) is 0 Å². The molecule has 0 fully saturated rings. The second kappa shape index (κ2) is 8.82. The zero-order chi connectivity index (χ0) is 20.4. The normalized spacial score (nSPS) is 14.0. The molecule has 3 aromatic rings. The van der Waals surface area contributed by atoms with Crippen LogP contribution in [0.25, 0.3) is 10.6 Å². The van der Waals surface area contributed by atoms with Crippen LogP contribution in [0.2, 0.25) is 10.0 Å². The Hall–Kier alpha value is -1.95.